The summed E-state index contributed by atoms with van der Waals surface area (Å²) in [6.45, 7) is 2.09. The standard InChI is InChI=1S/C21H20N2O3Se/c1-26-18-8-6-16(7-9-18)20-22-10-19(27-20)15-4-2-14(3-5-15)11-23-12-17(13-23)21(24)25/h2-10,17H,11-13H2,1H3,(H,24,25). The number of nitrogens with zero attached hydrogens (tertiary/aromatic N) is 2. The first-order chi connectivity index (χ1) is 13.1. The summed E-state index contributed by atoms with van der Waals surface area (Å²) in [4.78, 5) is 17.7. The van der Waals surface area contributed by atoms with Crippen LogP contribution in [0.4, 0.5) is 0 Å². The van der Waals surface area contributed by atoms with Gasteiger partial charge in [0.05, 0.1) is 0 Å². The van der Waals surface area contributed by atoms with E-state index in [2.05, 4.69) is 46.3 Å². The Bertz CT molecular complexity index is 929. The second-order valence-corrected chi connectivity index (χ2v) is 8.85. The van der Waals surface area contributed by atoms with E-state index in [4.69, 9.17) is 9.84 Å². The van der Waals surface area contributed by atoms with E-state index in [0.717, 1.165) is 22.4 Å². The third-order valence-corrected chi connectivity index (χ3v) is 7.09. The number of carbonyl (C=O) groups is 1. The van der Waals surface area contributed by atoms with Crippen molar-refractivity contribution < 1.29 is 14.6 Å². The van der Waals surface area contributed by atoms with Gasteiger partial charge in [-0.15, -0.1) is 0 Å². The van der Waals surface area contributed by atoms with Crippen LogP contribution in [0, 0.1) is 5.92 Å². The van der Waals surface area contributed by atoms with Crippen molar-refractivity contribution >= 4 is 20.5 Å². The molecule has 6 heteroatoms. The fraction of sp³-hybridized carbons (Fsp3) is 0.238. The van der Waals surface area contributed by atoms with Gasteiger partial charge in [0.1, 0.15) is 0 Å². The molecule has 1 fully saturated rings. The summed E-state index contributed by atoms with van der Waals surface area (Å²) in [5, 5.41) is 8.96. The molecule has 0 spiro atoms. The monoisotopic (exact) mass is 428 g/mol. The molecule has 0 bridgehead atoms. The number of aliphatic carboxylic acids is 1. The Kier molecular flexibility index (Phi) is 5.12. The molecule has 0 atom stereocenters. The van der Waals surface area contributed by atoms with Crippen molar-refractivity contribution in [1.29, 1.82) is 0 Å². The molecule has 4 rings (SSSR count). The van der Waals surface area contributed by atoms with Crippen LogP contribution in [0.2, 0.25) is 0 Å². The summed E-state index contributed by atoms with van der Waals surface area (Å²) < 4.78 is 7.61. The molecule has 1 aliphatic rings. The van der Waals surface area contributed by atoms with E-state index in [1.54, 1.807) is 7.11 Å². The molecule has 27 heavy (non-hydrogen) atoms. The van der Waals surface area contributed by atoms with E-state index in [0.29, 0.717) is 13.1 Å². The van der Waals surface area contributed by atoms with Gasteiger partial charge in [-0.2, -0.15) is 0 Å². The van der Waals surface area contributed by atoms with Crippen molar-refractivity contribution in [2.24, 2.45) is 5.92 Å². The third-order valence-electron chi connectivity index (χ3n) is 4.79. The Morgan fingerprint density at radius 1 is 1.15 bits per heavy atom. The van der Waals surface area contributed by atoms with Gasteiger partial charge in [0, 0.05) is 0 Å². The maximum atomic E-state index is 10.9. The van der Waals surface area contributed by atoms with E-state index < -0.39 is 5.97 Å². The number of benzene rings is 2. The number of carboxylic acid groups (broad SMARTS) is 1. The second-order valence-electron chi connectivity index (χ2n) is 6.68. The molecule has 0 unspecified atom stereocenters. The van der Waals surface area contributed by atoms with Crippen LogP contribution < -0.4 is 4.74 Å². The molecule has 1 aliphatic heterocycles. The van der Waals surface area contributed by atoms with Crippen LogP contribution in [0.25, 0.3) is 20.1 Å². The first kappa shape index (κ1) is 18.0. The SMILES string of the molecule is COc1ccc(-c2ncc(-c3ccc(CN4CC(C(=O)O)C4)cc3)[se]2)cc1. The van der Waals surface area contributed by atoms with Gasteiger partial charge in [0.25, 0.3) is 0 Å². The summed E-state index contributed by atoms with van der Waals surface area (Å²) >= 11 is 0.183. The fourth-order valence-corrected chi connectivity index (χ4v) is 5.11. The molecule has 2 aromatic carbocycles. The summed E-state index contributed by atoms with van der Waals surface area (Å²) in [6, 6.07) is 16.6. The topological polar surface area (TPSA) is 62.7 Å². The van der Waals surface area contributed by atoms with Crippen LogP contribution in [-0.4, -0.2) is 55.7 Å². The fourth-order valence-electron chi connectivity index (χ4n) is 3.16. The molecule has 1 saturated heterocycles. The number of carboxylic acids is 1. The molecule has 0 radical (unpaired) electrons. The Labute approximate surface area is 164 Å². The number of methoxy groups -OCH3 is 1. The summed E-state index contributed by atoms with van der Waals surface area (Å²) in [5.41, 5.74) is 3.56. The number of rotatable bonds is 6. The van der Waals surface area contributed by atoms with Gasteiger partial charge in [-0.25, -0.2) is 0 Å². The van der Waals surface area contributed by atoms with Gasteiger partial charge in [-0.05, 0) is 0 Å². The summed E-state index contributed by atoms with van der Waals surface area (Å²) in [7, 11) is 1.67. The molecule has 0 saturated carbocycles. The van der Waals surface area contributed by atoms with Gasteiger partial charge in [-0.3, -0.25) is 0 Å². The first-order valence-electron chi connectivity index (χ1n) is 8.77. The Hall–Kier alpha value is -2.40. The number of hydrogen-bond donors (Lipinski definition) is 1. The van der Waals surface area contributed by atoms with E-state index in [1.165, 1.54) is 15.6 Å². The average Bonchev–Trinajstić information content (AvgIpc) is 3.15. The quantitative estimate of drug-likeness (QED) is 0.613. The zero-order valence-electron chi connectivity index (χ0n) is 15.0. The number of likely N-dealkylation sites (tertiary alicyclic amines) is 1. The van der Waals surface area contributed by atoms with Gasteiger partial charge in [-0.1, -0.05) is 0 Å². The average molecular weight is 427 g/mol. The van der Waals surface area contributed by atoms with Crippen LogP contribution in [0.1, 0.15) is 5.56 Å². The molecule has 3 aromatic rings. The molecule has 138 valence electrons. The Morgan fingerprint density at radius 3 is 2.44 bits per heavy atom. The summed E-state index contributed by atoms with van der Waals surface area (Å²) in [6.07, 6.45) is 1.97. The summed E-state index contributed by atoms with van der Waals surface area (Å²) in [5.74, 6) is -0.0423. The van der Waals surface area contributed by atoms with Crippen molar-refractivity contribution in [2.75, 3.05) is 20.2 Å². The molecule has 1 N–H and O–H groups in total. The Balaban J connectivity index is 1.42. The van der Waals surface area contributed by atoms with Gasteiger partial charge in [0.15, 0.2) is 0 Å². The van der Waals surface area contributed by atoms with Crippen LogP contribution in [-0.2, 0) is 11.3 Å². The van der Waals surface area contributed by atoms with Crippen molar-refractivity contribution in [3.63, 3.8) is 0 Å². The zero-order chi connectivity index (χ0) is 18.8. The molecule has 0 aliphatic carbocycles. The third kappa shape index (κ3) is 3.98. The first-order valence-corrected chi connectivity index (χ1v) is 10.5. The molecule has 5 nitrogen and oxygen atoms in total. The minimum atomic E-state index is -0.690. The molecule has 1 aromatic heterocycles. The van der Waals surface area contributed by atoms with Crippen molar-refractivity contribution in [3.8, 4) is 25.9 Å². The number of ether oxygens (including phenoxy) is 1. The van der Waals surface area contributed by atoms with E-state index >= 15 is 0 Å². The van der Waals surface area contributed by atoms with Crippen molar-refractivity contribution in [2.45, 2.75) is 6.54 Å². The van der Waals surface area contributed by atoms with Gasteiger partial charge in [0.2, 0.25) is 0 Å². The van der Waals surface area contributed by atoms with Crippen molar-refractivity contribution in [1.82, 2.24) is 9.88 Å². The molecule has 2 heterocycles. The number of aromatic nitrogens is 1. The van der Waals surface area contributed by atoms with Crippen molar-refractivity contribution in [3.05, 3.63) is 60.3 Å². The van der Waals surface area contributed by atoms with Gasteiger partial charge < -0.3 is 0 Å². The molecule has 0 amide bonds. The minimum absolute atomic E-state index is 0.183. The maximum absolute atomic E-state index is 10.9. The predicted octanol–water partition coefficient (Wildman–Crippen LogP) is 3.00. The zero-order valence-corrected chi connectivity index (χ0v) is 16.7. The van der Waals surface area contributed by atoms with Crippen LogP contribution >= 0.6 is 0 Å². The van der Waals surface area contributed by atoms with E-state index in [-0.39, 0.29) is 20.4 Å². The normalized spacial score (nSPS) is 14.7. The molecular weight excluding hydrogens is 407 g/mol. The van der Waals surface area contributed by atoms with E-state index in [9.17, 15) is 4.79 Å². The Morgan fingerprint density at radius 2 is 1.81 bits per heavy atom. The molecular formula is C21H20N2O3Se. The number of hydrogen-bond acceptors (Lipinski definition) is 4. The van der Waals surface area contributed by atoms with Crippen LogP contribution in [0.3, 0.4) is 0 Å². The van der Waals surface area contributed by atoms with Crippen LogP contribution in [0.15, 0.2) is 54.7 Å². The second kappa shape index (κ2) is 7.69. The van der Waals surface area contributed by atoms with Crippen LogP contribution in [0.5, 0.6) is 5.75 Å². The van der Waals surface area contributed by atoms with Gasteiger partial charge >= 0.3 is 164 Å². The van der Waals surface area contributed by atoms with E-state index in [1.807, 2.05) is 18.3 Å². The predicted molar refractivity (Wildman–Crippen MR) is 105 cm³/mol.